The van der Waals surface area contributed by atoms with Gasteiger partial charge in [0, 0.05) is 29.6 Å². The van der Waals surface area contributed by atoms with Crippen LogP contribution in [0.1, 0.15) is 5.69 Å². The molecule has 0 aliphatic carbocycles. The van der Waals surface area contributed by atoms with Crippen LogP contribution in [0, 0.1) is 0 Å². The zero-order valence-electron chi connectivity index (χ0n) is 16.0. The van der Waals surface area contributed by atoms with Crippen molar-refractivity contribution < 1.29 is 17.9 Å². The van der Waals surface area contributed by atoms with Gasteiger partial charge in [-0.1, -0.05) is 30.3 Å². The number of pyridine rings is 1. The van der Waals surface area contributed by atoms with Gasteiger partial charge in [0.25, 0.3) is 0 Å². The zero-order valence-corrected chi connectivity index (χ0v) is 16.0. The van der Waals surface area contributed by atoms with E-state index in [1.807, 2.05) is 30.3 Å². The molecule has 0 fully saturated rings. The maximum absolute atomic E-state index is 12.8. The van der Waals surface area contributed by atoms with Crippen molar-refractivity contribution >= 4 is 17.5 Å². The standard InChI is InChI=1S/C22H16F3N5O/c23-22(24,25)19-12-17(10-11-27-19)31-16-8-6-15(7-9-16)28-20-13-18(29-21(26)30-20)14-4-2-1-3-5-14/h1-13H,(H3,26,28,29,30). The molecule has 2 aromatic heterocycles. The highest BCUT2D eigenvalue weighted by atomic mass is 19.4. The van der Waals surface area contributed by atoms with E-state index in [2.05, 4.69) is 20.3 Å². The Bertz CT molecular complexity index is 1180. The molecule has 31 heavy (non-hydrogen) atoms. The number of benzene rings is 2. The number of nitrogens with one attached hydrogen (secondary N) is 1. The van der Waals surface area contributed by atoms with Crippen LogP contribution >= 0.6 is 0 Å². The van der Waals surface area contributed by atoms with E-state index >= 15 is 0 Å². The minimum absolute atomic E-state index is 0.0408. The Morgan fingerprint density at radius 1 is 0.839 bits per heavy atom. The van der Waals surface area contributed by atoms with Gasteiger partial charge in [-0.25, -0.2) is 4.98 Å². The fraction of sp³-hybridized carbons (Fsp3) is 0.0455. The van der Waals surface area contributed by atoms with Gasteiger partial charge >= 0.3 is 6.18 Å². The molecule has 4 aromatic rings. The van der Waals surface area contributed by atoms with Crippen molar-refractivity contribution in [2.45, 2.75) is 6.18 Å². The highest BCUT2D eigenvalue weighted by molar-refractivity contribution is 5.67. The topological polar surface area (TPSA) is 86.0 Å². The highest BCUT2D eigenvalue weighted by Gasteiger charge is 2.32. The van der Waals surface area contributed by atoms with Crippen LogP contribution in [-0.4, -0.2) is 15.0 Å². The van der Waals surface area contributed by atoms with E-state index in [1.54, 1.807) is 30.3 Å². The summed E-state index contributed by atoms with van der Waals surface area (Å²) in [7, 11) is 0. The van der Waals surface area contributed by atoms with Crippen LogP contribution in [0.4, 0.5) is 30.6 Å². The zero-order chi connectivity index (χ0) is 21.8. The summed E-state index contributed by atoms with van der Waals surface area (Å²) in [4.78, 5) is 11.8. The van der Waals surface area contributed by atoms with Crippen molar-refractivity contribution in [2.75, 3.05) is 11.1 Å². The lowest BCUT2D eigenvalue weighted by Gasteiger charge is -2.11. The van der Waals surface area contributed by atoms with Gasteiger partial charge in [-0.15, -0.1) is 0 Å². The maximum atomic E-state index is 12.8. The van der Waals surface area contributed by atoms with Crippen LogP contribution < -0.4 is 15.8 Å². The number of rotatable bonds is 5. The molecule has 0 saturated carbocycles. The Kier molecular flexibility index (Phi) is 5.40. The summed E-state index contributed by atoms with van der Waals surface area (Å²) in [6.07, 6.45) is -3.48. The third-order valence-electron chi connectivity index (χ3n) is 4.20. The van der Waals surface area contributed by atoms with E-state index in [-0.39, 0.29) is 11.7 Å². The molecule has 0 atom stereocenters. The predicted octanol–water partition coefficient (Wildman–Crippen LogP) is 5.68. The van der Waals surface area contributed by atoms with Crippen LogP contribution in [-0.2, 0) is 6.18 Å². The van der Waals surface area contributed by atoms with Crippen molar-refractivity contribution in [2.24, 2.45) is 0 Å². The third kappa shape index (κ3) is 5.08. The molecular formula is C22H16F3N5O. The second-order valence-electron chi connectivity index (χ2n) is 6.49. The molecule has 156 valence electrons. The van der Waals surface area contributed by atoms with Gasteiger partial charge in [-0.3, -0.25) is 4.98 Å². The van der Waals surface area contributed by atoms with Crippen molar-refractivity contribution in [1.29, 1.82) is 0 Å². The number of hydrogen-bond donors (Lipinski definition) is 2. The van der Waals surface area contributed by atoms with Crippen LogP contribution in [0.5, 0.6) is 11.5 Å². The average Bonchev–Trinajstić information content (AvgIpc) is 2.75. The quantitative estimate of drug-likeness (QED) is 0.430. The van der Waals surface area contributed by atoms with E-state index in [9.17, 15) is 13.2 Å². The molecule has 2 aromatic carbocycles. The van der Waals surface area contributed by atoms with Gasteiger partial charge in [0.05, 0.1) is 5.69 Å². The summed E-state index contributed by atoms with van der Waals surface area (Å²) in [5.74, 6) is 1.04. The number of halogens is 3. The van der Waals surface area contributed by atoms with Crippen LogP contribution in [0.15, 0.2) is 79.0 Å². The molecule has 3 N–H and O–H groups in total. The van der Waals surface area contributed by atoms with E-state index < -0.39 is 11.9 Å². The maximum Gasteiger partial charge on any atom is 0.433 e. The minimum Gasteiger partial charge on any atom is -0.457 e. The minimum atomic E-state index is -4.54. The van der Waals surface area contributed by atoms with Crippen molar-refractivity contribution in [3.05, 3.63) is 84.7 Å². The number of hydrogen-bond acceptors (Lipinski definition) is 6. The lowest BCUT2D eigenvalue weighted by Crippen LogP contribution is -2.07. The molecule has 0 bridgehead atoms. The summed E-state index contributed by atoms with van der Waals surface area (Å²) >= 11 is 0. The average molecular weight is 423 g/mol. The van der Waals surface area contributed by atoms with Gasteiger partial charge in [-0.2, -0.15) is 18.2 Å². The first-order chi connectivity index (χ1) is 14.9. The summed E-state index contributed by atoms with van der Waals surface area (Å²) in [6.45, 7) is 0. The van der Waals surface area contributed by atoms with Crippen LogP contribution in [0.25, 0.3) is 11.3 Å². The molecule has 9 heteroatoms. The van der Waals surface area contributed by atoms with Crippen molar-refractivity contribution in [3.8, 4) is 22.8 Å². The van der Waals surface area contributed by atoms with E-state index in [1.165, 1.54) is 6.07 Å². The normalized spacial score (nSPS) is 11.2. The van der Waals surface area contributed by atoms with E-state index in [0.29, 0.717) is 22.9 Å². The Balaban J connectivity index is 1.49. The molecule has 6 nitrogen and oxygen atoms in total. The fourth-order valence-electron chi connectivity index (χ4n) is 2.81. The second-order valence-corrected chi connectivity index (χ2v) is 6.49. The van der Waals surface area contributed by atoms with Crippen LogP contribution in [0.2, 0.25) is 0 Å². The number of ether oxygens (including phenoxy) is 1. The molecule has 0 radical (unpaired) electrons. The lowest BCUT2D eigenvalue weighted by molar-refractivity contribution is -0.141. The molecule has 0 aliphatic rings. The van der Waals surface area contributed by atoms with Crippen molar-refractivity contribution in [3.63, 3.8) is 0 Å². The Hall–Kier alpha value is -4.14. The van der Waals surface area contributed by atoms with Gasteiger partial charge in [0.1, 0.15) is 23.0 Å². The summed E-state index contributed by atoms with van der Waals surface area (Å²) in [5, 5.41) is 3.13. The number of nitrogens with zero attached hydrogens (tertiary/aromatic N) is 3. The Morgan fingerprint density at radius 2 is 1.58 bits per heavy atom. The van der Waals surface area contributed by atoms with Gasteiger partial charge in [-0.05, 0) is 30.3 Å². The van der Waals surface area contributed by atoms with Gasteiger partial charge in [0.15, 0.2) is 0 Å². The number of alkyl halides is 3. The molecule has 0 amide bonds. The monoisotopic (exact) mass is 423 g/mol. The molecule has 0 saturated heterocycles. The molecule has 0 unspecified atom stereocenters. The highest BCUT2D eigenvalue weighted by Crippen LogP contribution is 2.31. The van der Waals surface area contributed by atoms with Crippen LogP contribution in [0.3, 0.4) is 0 Å². The summed E-state index contributed by atoms with van der Waals surface area (Å²) < 4.78 is 43.9. The summed E-state index contributed by atoms with van der Waals surface area (Å²) in [6, 6.07) is 20.2. The van der Waals surface area contributed by atoms with E-state index in [0.717, 1.165) is 17.8 Å². The Labute approximate surface area is 175 Å². The largest absolute Gasteiger partial charge is 0.457 e. The number of nitrogens with two attached hydrogens (primary N) is 1. The summed E-state index contributed by atoms with van der Waals surface area (Å²) in [5.41, 5.74) is 7.09. The predicted molar refractivity (Wildman–Crippen MR) is 111 cm³/mol. The fourth-order valence-corrected chi connectivity index (χ4v) is 2.81. The molecule has 4 rings (SSSR count). The number of aromatic nitrogens is 3. The van der Waals surface area contributed by atoms with E-state index in [4.69, 9.17) is 10.5 Å². The first-order valence-electron chi connectivity index (χ1n) is 9.15. The van der Waals surface area contributed by atoms with Gasteiger partial charge < -0.3 is 15.8 Å². The third-order valence-corrected chi connectivity index (χ3v) is 4.20. The SMILES string of the molecule is Nc1nc(Nc2ccc(Oc3ccnc(C(F)(F)F)c3)cc2)cc(-c2ccccc2)n1. The first kappa shape index (κ1) is 20.1. The van der Waals surface area contributed by atoms with Crippen molar-refractivity contribution in [1.82, 2.24) is 15.0 Å². The second kappa shape index (κ2) is 8.31. The molecule has 2 heterocycles. The first-order valence-corrected chi connectivity index (χ1v) is 9.15. The molecule has 0 spiro atoms. The van der Waals surface area contributed by atoms with Gasteiger partial charge in [0.2, 0.25) is 5.95 Å². The number of anilines is 3. The molecular weight excluding hydrogens is 407 g/mol. The lowest BCUT2D eigenvalue weighted by atomic mass is 10.1. The Morgan fingerprint density at radius 3 is 2.29 bits per heavy atom. The number of nitrogen functional groups attached to an aromatic ring is 1. The smallest absolute Gasteiger partial charge is 0.433 e. The molecule has 0 aliphatic heterocycles.